The zero-order chi connectivity index (χ0) is 20.4. The molecule has 1 fully saturated rings. The van der Waals surface area contributed by atoms with Gasteiger partial charge in [0, 0.05) is 18.7 Å². The summed E-state index contributed by atoms with van der Waals surface area (Å²) in [5.41, 5.74) is 0.467. The molecule has 0 aromatic heterocycles. The molecule has 1 aromatic rings. The second-order valence-electron chi connectivity index (χ2n) is 7.09. The Morgan fingerprint density at radius 1 is 1.32 bits per heavy atom. The van der Waals surface area contributed by atoms with Crippen LogP contribution >= 0.6 is 15.9 Å². The number of carbonyl (C=O) groups is 1. The van der Waals surface area contributed by atoms with Gasteiger partial charge in [-0.1, -0.05) is 19.3 Å². The van der Waals surface area contributed by atoms with Crippen LogP contribution in [0.3, 0.4) is 0 Å². The highest BCUT2D eigenvalue weighted by Gasteiger charge is 2.17. The Kier molecular flexibility index (Phi) is 9.59. The number of benzene rings is 1. The third-order valence-corrected chi connectivity index (χ3v) is 5.58. The normalized spacial score (nSPS) is 14.5. The number of nitrogens with zero attached hydrogens (tertiary/aromatic N) is 2. The van der Waals surface area contributed by atoms with Crippen molar-refractivity contribution < 1.29 is 14.3 Å². The third kappa shape index (κ3) is 6.99. The Morgan fingerprint density at radius 3 is 2.75 bits per heavy atom. The quantitative estimate of drug-likeness (QED) is 0.546. The van der Waals surface area contributed by atoms with Crippen LogP contribution in [0.25, 0.3) is 0 Å². The van der Waals surface area contributed by atoms with Gasteiger partial charge in [0.15, 0.2) is 18.1 Å². The van der Waals surface area contributed by atoms with E-state index < -0.39 is 0 Å². The van der Waals surface area contributed by atoms with E-state index in [0.717, 1.165) is 13.0 Å². The number of amides is 1. The van der Waals surface area contributed by atoms with Crippen LogP contribution in [0.5, 0.6) is 11.5 Å². The maximum absolute atomic E-state index is 12.1. The fourth-order valence-electron chi connectivity index (χ4n) is 3.48. The maximum Gasteiger partial charge on any atom is 0.257 e. The molecule has 0 unspecified atom stereocenters. The minimum absolute atomic E-state index is 0.0942. The standard InChI is InChI=1S/C21H30BrN3O3/c1-3-27-19-13-16(14-23)12-18(22)21(19)28-15-20(26)24-10-7-11-25(2)17-8-5-4-6-9-17/h12-13,17H,3-11,15H2,1-2H3,(H,24,26). The van der Waals surface area contributed by atoms with Crippen molar-refractivity contribution in [3.05, 3.63) is 22.2 Å². The van der Waals surface area contributed by atoms with E-state index in [1.165, 1.54) is 32.1 Å². The Hall–Kier alpha value is -1.78. The Morgan fingerprint density at radius 2 is 2.07 bits per heavy atom. The van der Waals surface area contributed by atoms with Crippen molar-refractivity contribution >= 4 is 21.8 Å². The molecule has 1 saturated carbocycles. The van der Waals surface area contributed by atoms with Gasteiger partial charge in [-0.15, -0.1) is 0 Å². The van der Waals surface area contributed by atoms with Gasteiger partial charge in [-0.3, -0.25) is 4.79 Å². The highest BCUT2D eigenvalue weighted by molar-refractivity contribution is 9.10. The van der Waals surface area contributed by atoms with E-state index in [-0.39, 0.29) is 12.5 Å². The van der Waals surface area contributed by atoms with E-state index in [4.69, 9.17) is 14.7 Å². The van der Waals surface area contributed by atoms with Gasteiger partial charge in [0.1, 0.15) is 0 Å². The summed E-state index contributed by atoms with van der Waals surface area (Å²) < 4.78 is 11.8. The van der Waals surface area contributed by atoms with Gasteiger partial charge in [-0.2, -0.15) is 5.26 Å². The number of hydrogen-bond donors (Lipinski definition) is 1. The highest BCUT2D eigenvalue weighted by atomic mass is 79.9. The van der Waals surface area contributed by atoms with Gasteiger partial charge >= 0.3 is 0 Å². The first kappa shape index (κ1) is 22.5. The van der Waals surface area contributed by atoms with Gasteiger partial charge in [0.05, 0.1) is 22.7 Å². The summed E-state index contributed by atoms with van der Waals surface area (Å²) in [4.78, 5) is 14.5. The molecule has 0 spiro atoms. The molecule has 1 N–H and O–H groups in total. The number of nitriles is 1. The number of hydrogen-bond acceptors (Lipinski definition) is 5. The lowest BCUT2D eigenvalue weighted by molar-refractivity contribution is -0.123. The lowest BCUT2D eigenvalue weighted by atomic mass is 9.94. The van der Waals surface area contributed by atoms with Crippen molar-refractivity contribution in [3.63, 3.8) is 0 Å². The topological polar surface area (TPSA) is 74.6 Å². The zero-order valence-electron chi connectivity index (χ0n) is 16.8. The fourth-order valence-corrected chi connectivity index (χ4v) is 4.04. The lowest BCUT2D eigenvalue weighted by Crippen LogP contribution is -2.36. The van der Waals surface area contributed by atoms with Crippen LogP contribution in [0, 0.1) is 11.3 Å². The van der Waals surface area contributed by atoms with Crippen molar-refractivity contribution in [1.82, 2.24) is 10.2 Å². The van der Waals surface area contributed by atoms with Gasteiger partial charge < -0.3 is 19.7 Å². The number of ether oxygens (including phenoxy) is 2. The molecule has 1 amide bonds. The Labute approximate surface area is 176 Å². The first-order valence-corrected chi connectivity index (χ1v) is 10.8. The Bertz CT molecular complexity index is 684. The van der Waals surface area contributed by atoms with E-state index in [1.54, 1.807) is 12.1 Å². The summed E-state index contributed by atoms with van der Waals surface area (Å²) in [6, 6.07) is 6.03. The molecule has 1 aliphatic rings. The minimum atomic E-state index is -0.168. The number of nitrogens with one attached hydrogen (secondary N) is 1. The lowest BCUT2D eigenvalue weighted by Gasteiger charge is -2.31. The fraction of sp³-hybridized carbons (Fsp3) is 0.619. The molecule has 0 saturated heterocycles. The molecular formula is C21H30BrN3O3. The molecule has 0 radical (unpaired) electrons. The van der Waals surface area contributed by atoms with Crippen LogP contribution < -0.4 is 14.8 Å². The van der Waals surface area contributed by atoms with E-state index in [1.807, 2.05) is 6.92 Å². The van der Waals surface area contributed by atoms with Gasteiger partial charge in [-0.25, -0.2) is 0 Å². The van der Waals surface area contributed by atoms with E-state index in [2.05, 4.69) is 39.3 Å². The monoisotopic (exact) mass is 451 g/mol. The average molecular weight is 452 g/mol. The molecule has 7 heteroatoms. The van der Waals surface area contributed by atoms with Crippen LogP contribution in [0.2, 0.25) is 0 Å². The summed E-state index contributed by atoms with van der Waals surface area (Å²) in [6.45, 7) is 3.82. The summed E-state index contributed by atoms with van der Waals surface area (Å²) in [5, 5.41) is 12.0. The predicted molar refractivity (Wildman–Crippen MR) is 113 cm³/mol. The van der Waals surface area contributed by atoms with Crippen LogP contribution in [0.1, 0.15) is 51.0 Å². The van der Waals surface area contributed by atoms with Crippen LogP contribution in [-0.4, -0.2) is 50.2 Å². The maximum atomic E-state index is 12.1. The van der Waals surface area contributed by atoms with Gasteiger partial charge in [0.2, 0.25) is 0 Å². The molecule has 0 bridgehead atoms. The largest absolute Gasteiger partial charge is 0.490 e. The molecule has 2 rings (SSSR count). The number of rotatable bonds is 10. The Balaban J connectivity index is 1.74. The second-order valence-corrected chi connectivity index (χ2v) is 7.95. The molecule has 0 aliphatic heterocycles. The molecule has 6 nitrogen and oxygen atoms in total. The average Bonchev–Trinajstić information content (AvgIpc) is 2.71. The minimum Gasteiger partial charge on any atom is -0.490 e. The molecule has 28 heavy (non-hydrogen) atoms. The number of halogens is 1. The van der Waals surface area contributed by atoms with E-state index >= 15 is 0 Å². The third-order valence-electron chi connectivity index (χ3n) is 4.99. The molecule has 1 aromatic carbocycles. The van der Waals surface area contributed by atoms with Crippen molar-refractivity contribution in [2.24, 2.45) is 0 Å². The highest BCUT2D eigenvalue weighted by Crippen LogP contribution is 2.36. The van der Waals surface area contributed by atoms with Crippen LogP contribution in [-0.2, 0) is 4.79 Å². The second kappa shape index (κ2) is 11.9. The number of carbonyl (C=O) groups excluding carboxylic acids is 1. The zero-order valence-corrected chi connectivity index (χ0v) is 18.4. The summed E-state index contributed by atoms with van der Waals surface area (Å²) in [6.07, 6.45) is 7.52. The van der Waals surface area contributed by atoms with Gasteiger partial charge in [-0.05, 0) is 61.8 Å². The summed E-state index contributed by atoms with van der Waals surface area (Å²) in [5.74, 6) is 0.724. The molecule has 0 atom stereocenters. The molecular weight excluding hydrogens is 422 g/mol. The van der Waals surface area contributed by atoms with E-state index in [9.17, 15) is 4.79 Å². The van der Waals surface area contributed by atoms with Crippen molar-refractivity contribution in [3.8, 4) is 17.6 Å². The van der Waals surface area contributed by atoms with Crippen molar-refractivity contribution in [2.45, 2.75) is 51.5 Å². The predicted octanol–water partition coefficient (Wildman–Crippen LogP) is 3.87. The molecule has 1 aliphatic carbocycles. The summed E-state index contributed by atoms with van der Waals surface area (Å²) >= 11 is 3.38. The van der Waals surface area contributed by atoms with Crippen LogP contribution in [0.4, 0.5) is 0 Å². The molecule has 0 heterocycles. The SMILES string of the molecule is CCOc1cc(C#N)cc(Br)c1OCC(=O)NCCCN(C)C1CCCCC1. The van der Waals surface area contributed by atoms with Gasteiger partial charge in [0.25, 0.3) is 5.91 Å². The van der Waals surface area contributed by atoms with Crippen molar-refractivity contribution in [2.75, 3.05) is 33.4 Å². The smallest absolute Gasteiger partial charge is 0.257 e. The summed E-state index contributed by atoms with van der Waals surface area (Å²) in [7, 11) is 2.18. The van der Waals surface area contributed by atoms with E-state index in [0.29, 0.717) is 40.7 Å². The van der Waals surface area contributed by atoms with Crippen molar-refractivity contribution in [1.29, 1.82) is 5.26 Å². The first-order chi connectivity index (χ1) is 13.5. The first-order valence-electron chi connectivity index (χ1n) is 10.0. The molecule has 154 valence electrons. The van der Waals surface area contributed by atoms with Crippen LogP contribution in [0.15, 0.2) is 16.6 Å².